The monoisotopic (exact) mass is 352 g/mol. The van der Waals surface area contributed by atoms with Crippen molar-refractivity contribution in [3.05, 3.63) is 22.7 Å². The molecule has 0 heterocycles. The van der Waals surface area contributed by atoms with Crippen molar-refractivity contribution in [2.24, 2.45) is 5.41 Å². The summed E-state index contributed by atoms with van der Waals surface area (Å²) in [6, 6.07) is 3.31. The molecule has 2 aliphatic carbocycles. The number of anilines is 1. The number of nitrogen functional groups attached to an aromatic ring is 1. The molecule has 132 valence electrons. The number of rotatable bonds is 5. The molecule has 2 saturated carbocycles. The van der Waals surface area contributed by atoms with E-state index in [-0.39, 0.29) is 23.5 Å². The number of methoxy groups -OCH3 is 1. The second kappa shape index (κ2) is 6.81. The third kappa shape index (κ3) is 2.84. The van der Waals surface area contributed by atoms with Crippen molar-refractivity contribution in [2.45, 2.75) is 51.2 Å². The van der Waals surface area contributed by atoms with Crippen LogP contribution in [-0.4, -0.2) is 31.8 Å². The summed E-state index contributed by atoms with van der Waals surface area (Å²) >= 11 is 6.08. The maximum atomic E-state index is 12.8. The molecule has 0 radical (unpaired) electrons. The topological polar surface area (TPSA) is 73.6 Å². The molecule has 2 aliphatic rings. The van der Waals surface area contributed by atoms with Gasteiger partial charge in [0, 0.05) is 24.1 Å². The number of benzene rings is 1. The van der Waals surface area contributed by atoms with E-state index in [0.29, 0.717) is 28.6 Å². The quantitative estimate of drug-likeness (QED) is 0.796. The smallest absolute Gasteiger partial charge is 0.255 e. The van der Waals surface area contributed by atoms with Crippen molar-refractivity contribution in [1.29, 1.82) is 0 Å². The van der Waals surface area contributed by atoms with Gasteiger partial charge in [0.1, 0.15) is 5.75 Å². The minimum Gasteiger partial charge on any atom is -0.496 e. The van der Waals surface area contributed by atoms with Gasteiger partial charge in [-0.15, -0.1) is 0 Å². The van der Waals surface area contributed by atoms with Gasteiger partial charge in [-0.2, -0.15) is 0 Å². The van der Waals surface area contributed by atoms with E-state index in [4.69, 9.17) is 26.8 Å². The van der Waals surface area contributed by atoms with Gasteiger partial charge in [0.2, 0.25) is 0 Å². The van der Waals surface area contributed by atoms with Gasteiger partial charge < -0.3 is 20.5 Å². The normalized spacial score (nSPS) is 24.6. The summed E-state index contributed by atoms with van der Waals surface area (Å²) in [5.41, 5.74) is 6.70. The molecule has 2 fully saturated rings. The zero-order chi connectivity index (χ0) is 17.3. The third-order valence-corrected chi connectivity index (χ3v) is 5.88. The zero-order valence-electron chi connectivity index (χ0n) is 14.2. The van der Waals surface area contributed by atoms with Crippen LogP contribution in [0.5, 0.6) is 5.75 Å². The molecule has 3 N–H and O–H groups in total. The Bertz CT molecular complexity index is 629. The Kier molecular flexibility index (Phi) is 4.92. The fourth-order valence-corrected chi connectivity index (χ4v) is 4.40. The number of carbonyl (C=O) groups excluding carboxylic acids is 1. The first-order chi connectivity index (χ1) is 11.5. The zero-order valence-corrected chi connectivity index (χ0v) is 15.0. The van der Waals surface area contributed by atoms with E-state index in [9.17, 15) is 4.79 Å². The van der Waals surface area contributed by atoms with Crippen LogP contribution < -0.4 is 15.8 Å². The fourth-order valence-electron chi connectivity index (χ4n) is 4.24. The van der Waals surface area contributed by atoms with Gasteiger partial charge in [0.05, 0.1) is 29.5 Å². The van der Waals surface area contributed by atoms with Crippen molar-refractivity contribution < 1.29 is 14.3 Å². The Labute approximate surface area is 147 Å². The van der Waals surface area contributed by atoms with Crippen molar-refractivity contribution in [3.63, 3.8) is 0 Å². The van der Waals surface area contributed by atoms with E-state index in [1.54, 1.807) is 12.1 Å². The van der Waals surface area contributed by atoms with Crippen molar-refractivity contribution in [1.82, 2.24) is 5.32 Å². The minimum atomic E-state index is -0.167. The SMILES string of the molecule is CCOC1CC(NC(=O)c2cc(Cl)c(N)cc2OC)C12CCCC2. The van der Waals surface area contributed by atoms with E-state index in [1.807, 2.05) is 6.92 Å². The van der Waals surface area contributed by atoms with Crippen molar-refractivity contribution in [3.8, 4) is 5.75 Å². The lowest BCUT2D eigenvalue weighted by Gasteiger charge is -2.54. The summed E-state index contributed by atoms with van der Waals surface area (Å²) in [5, 5.41) is 3.54. The lowest BCUT2D eigenvalue weighted by atomic mass is 9.60. The number of hydrogen-bond acceptors (Lipinski definition) is 4. The second-order valence-electron chi connectivity index (χ2n) is 6.72. The van der Waals surface area contributed by atoms with Gasteiger partial charge in [-0.3, -0.25) is 4.79 Å². The molecular weight excluding hydrogens is 328 g/mol. The van der Waals surface area contributed by atoms with Crippen LogP contribution in [0.1, 0.15) is 49.4 Å². The van der Waals surface area contributed by atoms with Crippen LogP contribution in [0.4, 0.5) is 5.69 Å². The average molecular weight is 353 g/mol. The Morgan fingerprint density at radius 1 is 1.42 bits per heavy atom. The number of halogens is 1. The van der Waals surface area contributed by atoms with Gasteiger partial charge in [-0.05, 0) is 32.3 Å². The molecule has 1 amide bonds. The summed E-state index contributed by atoms with van der Waals surface area (Å²) in [6.45, 7) is 2.74. The summed E-state index contributed by atoms with van der Waals surface area (Å²) in [4.78, 5) is 12.8. The molecule has 0 saturated heterocycles. The van der Waals surface area contributed by atoms with E-state index in [2.05, 4.69) is 5.32 Å². The predicted octanol–water partition coefficient (Wildman–Crippen LogP) is 3.40. The van der Waals surface area contributed by atoms with Gasteiger partial charge >= 0.3 is 0 Å². The Morgan fingerprint density at radius 3 is 2.75 bits per heavy atom. The first-order valence-corrected chi connectivity index (χ1v) is 8.95. The minimum absolute atomic E-state index is 0.0938. The van der Waals surface area contributed by atoms with E-state index < -0.39 is 0 Å². The lowest BCUT2D eigenvalue weighted by Crippen LogP contribution is -2.63. The molecule has 6 heteroatoms. The van der Waals surface area contributed by atoms with Crippen LogP contribution in [0.2, 0.25) is 5.02 Å². The maximum Gasteiger partial charge on any atom is 0.255 e. The van der Waals surface area contributed by atoms with Gasteiger partial charge in [0.25, 0.3) is 5.91 Å². The van der Waals surface area contributed by atoms with Crippen LogP contribution in [0.3, 0.4) is 0 Å². The molecule has 1 aromatic rings. The Morgan fingerprint density at radius 2 is 2.12 bits per heavy atom. The lowest BCUT2D eigenvalue weighted by molar-refractivity contribution is -0.127. The molecule has 5 nitrogen and oxygen atoms in total. The second-order valence-corrected chi connectivity index (χ2v) is 7.13. The summed E-state index contributed by atoms with van der Waals surface area (Å²) in [7, 11) is 1.52. The number of amides is 1. The first-order valence-electron chi connectivity index (χ1n) is 8.57. The highest BCUT2D eigenvalue weighted by Crippen LogP contribution is 2.54. The van der Waals surface area contributed by atoms with Crippen molar-refractivity contribution >= 4 is 23.2 Å². The van der Waals surface area contributed by atoms with Crippen molar-refractivity contribution in [2.75, 3.05) is 19.5 Å². The van der Waals surface area contributed by atoms with Crippen LogP contribution in [0, 0.1) is 5.41 Å². The third-order valence-electron chi connectivity index (χ3n) is 5.56. The molecule has 3 rings (SSSR count). The van der Waals surface area contributed by atoms with E-state index in [1.165, 1.54) is 20.0 Å². The van der Waals surface area contributed by atoms with Crippen LogP contribution in [-0.2, 0) is 4.74 Å². The Balaban J connectivity index is 1.77. The molecule has 24 heavy (non-hydrogen) atoms. The average Bonchev–Trinajstić information content (AvgIpc) is 3.08. The highest BCUT2D eigenvalue weighted by Gasteiger charge is 2.57. The number of nitrogens with one attached hydrogen (secondary N) is 1. The molecule has 2 unspecified atom stereocenters. The van der Waals surface area contributed by atoms with Gasteiger partial charge in [-0.1, -0.05) is 24.4 Å². The van der Waals surface area contributed by atoms with Gasteiger partial charge in [0.15, 0.2) is 0 Å². The summed E-state index contributed by atoms with van der Waals surface area (Å²) in [6.07, 6.45) is 5.75. The van der Waals surface area contributed by atoms with E-state index in [0.717, 1.165) is 19.3 Å². The van der Waals surface area contributed by atoms with Crippen LogP contribution in [0.25, 0.3) is 0 Å². The summed E-state index contributed by atoms with van der Waals surface area (Å²) < 4.78 is 11.2. The molecule has 1 aromatic carbocycles. The standard InChI is InChI=1S/C18H25ClN2O3/c1-3-24-16-10-15(18(16)6-4-5-7-18)21-17(22)11-8-12(19)13(20)9-14(11)23-2/h8-9,15-16H,3-7,10,20H2,1-2H3,(H,21,22). The number of carbonyl (C=O) groups is 1. The number of nitrogens with two attached hydrogens (primary N) is 1. The van der Waals surface area contributed by atoms with E-state index >= 15 is 0 Å². The molecule has 2 atom stereocenters. The molecule has 0 aliphatic heterocycles. The Hall–Kier alpha value is -1.46. The first kappa shape index (κ1) is 17.4. The molecule has 1 spiro atoms. The highest BCUT2D eigenvalue weighted by atomic mass is 35.5. The molecular formula is C18H25ClN2O3. The summed E-state index contributed by atoms with van der Waals surface area (Å²) in [5.74, 6) is 0.274. The largest absolute Gasteiger partial charge is 0.496 e. The molecule has 0 bridgehead atoms. The predicted molar refractivity (Wildman–Crippen MR) is 94.6 cm³/mol. The molecule has 0 aromatic heterocycles. The fraction of sp³-hybridized carbons (Fsp3) is 0.611. The number of ether oxygens (including phenoxy) is 2. The number of hydrogen-bond donors (Lipinski definition) is 2. The van der Waals surface area contributed by atoms with Crippen LogP contribution in [0.15, 0.2) is 12.1 Å². The highest BCUT2D eigenvalue weighted by molar-refractivity contribution is 6.33. The maximum absolute atomic E-state index is 12.8. The van der Waals surface area contributed by atoms with Crippen LogP contribution >= 0.6 is 11.6 Å². The van der Waals surface area contributed by atoms with Gasteiger partial charge in [-0.25, -0.2) is 0 Å².